The van der Waals surface area contributed by atoms with Crippen molar-refractivity contribution in [3.05, 3.63) is 35.9 Å². The van der Waals surface area contributed by atoms with Crippen molar-refractivity contribution in [1.82, 2.24) is 30.0 Å². The van der Waals surface area contributed by atoms with E-state index in [9.17, 15) is 4.79 Å². The van der Waals surface area contributed by atoms with E-state index < -0.39 is 0 Å². The van der Waals surface area contributed by atoms with E-state index in [0.29, 0.717) is 24.7 Å². The highest BCUT2D eigenvalue weighted by molar-refractivity contribution is 5.92. The third-order valence-electron chi connectivity index (χ3n) is 3.71. The summed E-state index contributed by atoms with van der Waals surface area (Å²) in [6, 6.07) is 3.65. The highest BCUT2D eigenvalue weighted by Crippen LogP contribution is 2.17. The highest BCUT2D eigenvalue weighted by atomic mass is 16.1. The SMILES string of the molecule is CN(C)CCNC(=O)c1cc2n(n1)CCN(c1ncccn1)C2. The van der Waals surface area contributed by atoms with Gasteiger partial charge in [0.2, 0.25) is 5.95 Å². The summed E-state index contributed by atoms with van der Waals surface area (Å²) in [7, 11) is 3.95. The fraction of sp³-hybridized carbons (Fsp3) is 0.467. The van der Waals surface area contributed by atoms with Crippen LogP contribution in [0.15, 0.2) is 24.5 Å². The molecule has 2 aromatic rings. The largest absolute Gasteiger partial charge is 0.349 e. The van der Waals surface area contributed by atoms with Crippen molar-refractivity contribution in [1.29, 1.82) is 0 Å². The number of carbonyl (C=O) groups is 1. The Morgan fingerprint density at radius 1 is 1.30 bits per heavy atom. The van der Waals surface area contributed by atoms with Crippen LogP contribution in [0.4, 0.5) is 5.95 Å². The molecule has 0 saturated heterocycles. The van der Waals surface area contributed by atoms with Crippen LogP contribution in [-0.2, 0) is 13.1 Å². The van der Waals surface area contributed by atoms with E-state index in [4.69, 9.17) is 0 Å². The second-order valence-corrected chi connectivity index (χ2v) is 5.77. The predicted octanol–water partition coefficient (Wildman–Crippen LogP) is -0.0153. The Morgan fingerprint density at radius 3 is 2.83 bits per heavy atom. The van der Waals surface area contributed by atoms with Gasteiger partial charge in [-0.3, -0.25) is 9.48 Å². The lowest BCUT2D eigenvalue weighted by Crippen LogP contribution is -2.35. The molecule has 0 aromatic carbocycles. The maximum absolute atomic E-state index is 12.2. The normalized spacial score (nSPS) is 14.0. The zero-order valence-electron chi connectivity index (χ0n) is 13.4. The van der Waals surface area contributed by atoms with Crippen molar-refractivity contribution in [3.8, 4) is 0 Å². The molecule has 0 spiro atoms. The van der Waals surface area contributed by atoms with Gasteiger partial charge in [-0.1, -0.05) is 0 Å². The second kappa shape index (κ2) is 6.74. The van der Waals surface area contributed by atoms with E-state index in [1.165, 1.54) is 0 Å². The van der Waals surface area contributed by atoms with Crippen molar-refractivity contribution in [2.75, 3.05) is 38.6 Å². The molecule has 0 bridgehead atoms. The van der Waals surface area contributed by atoms with Gasteiger partial charge in [0, 0.05) is 32.0 Å². The van der Waals surface area contributed by atoms with Gasteiger partial charge in [0.05, 0.1) is 18.8 Å². The lowest BCUT2D eigenvalue weighted by molar-refractivity contribution is 0.0945. The molecule has 122 valence electrons. The summed E-state index contributed by atoms with van der Waals surface area (Å²) < 4.78 is 1.89. The number of nitrogens with one attached hydrogen (secondary N) is 1. The smallest absolute Gasteiger partial charge is 0.271 e. The van der Waals surface area contributed by atoms with E-state index >= 15 is 0 Å². The summed E-state index contributed by atoms with van der Waals surface area (Å²) in [6.45, 7) is 3.57. The van der Waals surface area contributed by atoms with Gasteiger partial charge in [-0.15, -0.1) is 0 Å². The molecule has 0 fully saturated rings. The number of rotatable bonds is 5. The molecule has 1 N–H and O–H groups in total. The minimum Gasteiger partial charge on any atom is -0.349 e. The first kappa shape index (κ1) is 15.4. The minimum absolute atomic E-state index is 0.128. The quantitative estimate of drug-likeness (QED) is 0.836. The maximum atomic E-state index is 12.2. The number of aromatic nitrogens is 4. The van der Waals surface area contributed by atoms with E-state index in [0.717, 1.165) is 25.3 Å². The minimum atomic E-state index is -0.128. The fourth-order valence-electron chi connectivity index (χ4n) is 2.49. The lowest BCUT2D eigenvalue weighted by atomic mass is 10.3. The first-order chi connectivity index (χ1) is 11.1. The van der Waals surface area contributed by atoms with Gasteiger partial charge >= 0.3 is 0 Å². The Hall–Kier alpha value is -2.48. The molecule has 3 rings (SSSR count). The monoisotopic (exact) mass is 315 g/mol. The molecule has 2 aromatic heterocycles. The molecule has 1 aliphatic rings. The Labute approximate surface area is 135 Å². The standard InChI is InChI=1S/C15H21N7O/c1-20(2)7-6-16-14(23)13-10-12-11-21(8-9-22(12)19-13)15-17-4-3-5-18-15/h3-5,10H,6-9,11H2,1-2H3,(H,16,23). The van der Waals surface area contributed by atoms with Gasteiger partial charge in [-0.25, -0.2) is 9.97 Å². The first-order valence-electron chi connectivity index (χ1n) is 7.65. The number of hydrogen-bond acceptors (Lipinski definition) is 6. The Morgan fingerprint density at radius 2 is 2.09 bits per heavy atom. The van der Waals surface area contributed by atoms with Gasteiger partial charge in [0.15, 0.2) is 5.69 Å². The summed E-state index contributed by atoms with van der Waals surface area (Å²) >= 11 is 0. The predicted molar refractivity (Wildman–Crippen MR) is 86.2 cm³/mol. The number of fused-ring (bicyclic) bond motifs is 1. The topological polar surface area (TPSA) is 79.2 Å². The van der Waals surface area contributed by atoms with Crippen LogP contribution in [0, 0.1) is 0 Å². The van der Waals surface area contributed by atoms with Crippen molar-refractivity contribution >= 4 is 11.9 Å². The number of amides is 1. The van der Waals surface area contributed by atoms with Crippen LogP contribution in [0.1, 0.15) is 16.2 Å². The molecule has 8 nitrogen and oxygen atoms in total. The maximum Gasteiger partial charge on any atom is 0.271 e. The highest BCUT2D eigenvalue weighted by Gasteiger charge is 2.22. The average Bonchev–Trinajstić information content (AvgIpc) is 2.98. The van der Waals surface area contributed by atoms with Crippen LogP contribution in [-0.4, -0.2) is 64.3 Å². The summed E-state index contributed by atoms with van der Waals surface area (Å²) in [4.78, 5) is 24.8. The van der Waals surface area contributed by atoms with Crippen LogP contribution >= 0.6 is 0 Å². The lowest BCUT2D eigenvalue weighted by Gasteiger charge is -2.27. The number of carbonyl (C=O) groups excluding carboxylic acids is 1. The molecule has 0 saturated carbocycles. The molecule has 3 heterocycles. The van der Waals surface area contributed by atoms with E-state index in [2.05, 4.69) is 25.3 Å². The van der Waals surface area contributed by atoms with Gasteiger partial charge in [-0.05, 0) is 26.2 Å². The molecule has 1 amide bonds. The molecule has 0 aliphatic carbocycles. The van der Waals surface area contributed by atoms with Crippen molar-refractivity contribution < 1.29 is 4.79 Å². The third-order valence-corrected chi connectivity index (χ3v) is 3.71. The van der Waals surface area contributed by atoms with E-state index in [-0.39, 0.29) is 5.91 Å². The van der Waals surface area contributed by atoms with Crippen LogP contribution in [0.5, 0.6) is 0 Å². The van der Waals surface area contributed by atoms with Crippen molar-refractivity contribution in [2.24, 2.45) is 0 Å². The van der Waals surface area contributed by atoms with Crippen LogP contribution in [0.25, 0.3) is 0 Å². The fourth-order valence-corrected chi connectivity index (χ4v) is 2.49. The molecule has 0 unspecified atom stereocenters. The van der Waals surface area contributed by atoms with Gasteiger partial charge in [0.25, 0.3) is 5.91 Å². The molecule has 0 atom stereocenters. The van der Waals surface area contributed by atoms with Gasteiger partial charge < -0.3 is 15.1 Å². The zero-order valence-corrected chi connectivity index (χ0v) is 13.4. The van der Waals surface area contributed by atoms with Crippen LogP contribution in [0.3, 0.4) is 0 Å². The summed E-state index contributed by atoms with van der Waals surface area (Å²) in [5.41, 5.74) is 1.47. The van der Waals surface area contributed by atoms with Gasteiger partial charge in [0.1, 0.15) is 0 Å². The summed E-state index contributed by atoms with van der Waals surface area (Å²) in [6.07, 6.45) is 3.47. The Kier molecular flexibility index (Phi) is 4.52. The molecule has 0 radical (unpaired) electrons. The Bertz CT molecular complexity index is 668. The summed E-state index contributed by atoms with van der Waals surface area (Å²) in [5.74, 6) is 0.577. The van der Waals surface area contributed by atoms with Crippen LogP contribution < -0.4 is 10.2 Å². The van der Waals surface area contributed by atoms with Crippen molar-refractivity contribution in [2.45, 2.75) is 13.1 Å². The number of anilines is 1. The average molecular weight is 315 g/mol. The number of hydrogen-bond donors (Lipinski definition) is 1. The molecular weight excluding hydrogens is 294 g/mol. The second-order valence-electron chi connectivity index (χ2n) is 5.77. The molecule has 8 heteroatoms. The van der Waals surface area contributed by atoms with Crippen molar-refractivity contribution in [3.63, 3.8) is 0 Å². The van der Waals surface area contributed by atoms with Gasteiger partial charge in [-0.2, -0.15) is 5.10 Å². The van der Waals surface area contributed by atoms with E-state index in [1.807, 2.05) is 29.7 Å². The first-order valence-corrected chi connectivity index (χ1v) is 7.65. The molecule has 23 heavy (non-hydrogen) atoms. The number of nitrogens with zero attached hydrogens (tertiary/aromatic N) is 6. The summed E-state index contributed by atoms with van der Waals surface area (Å²) in [5, 5.41) is 7.29. The third kappa shape index (κ3) is 3.65. The number of likely N-dealkylation sites (N-methyl/N-ethyl adjacent to an activating group) is 1. The zero-order chi connectivity index (χ0) is 16.2. The van der Waals surface area contributed by atoms with E-state index in [1.54, 1.807) is 18.5 Å². The Balaban J connectivity index is 1.65. The molecular formula is C15H21N7O. The molecule has 1 aliphatic heterocycles. The van der Waals surface area contributed by atoms with Crippen LogP contribution in [0.2, 0.25) is 0 Å².